The molecular formula is C16H21F3IN5O. The van der Waals surface area contributed by atoms with Crippen molar-refractivity contribution in [1.82, 2.24) is 20.4 Å². The number of ether oxygens (including phenoxy) is 1. The lowest BCUT2D eigenvalue weighted by molar-refractivity contribution is -0.153. The Bertz CT molecular complexity index is 660. The van der Waals surface area contributed by atoms with Crippen LogP contribution in [0.4, 0.5) is 13.2 Å². The summed E-state index contributed by atoms with van der Waals surface area (Å²) in [6, 6.07) is 8.29. The van der Waals surface area contributed by atoms with Crippen LogP contribution in [0.2, 0.25) is 0 Å². The van der Waals surface area contributed by atoms with Gasteiger partial charge in [0.05, 0.1) is 6.54 Å². The second kappa shape index (κ2) is 10.9. The van der Waals surface area contributed by atoms with Gasteiger partial charge < -0.3 is 15.4 Å². The largest absolute Gasteiger partial charge is 0.484 e. The summed E-state index contributed by atoms with van der Waals surface area (Å²) in [7, 11) is 1.66. The Labute approximate surface area is 166 Å². The number of benzene rings is 1. The van der Waals surface area contributed by atoms with E-state index in [0.29, 0.717) is 25.6 Å². The van der Waals surface area contributed by atoms with E-state index in [0.717, 1.165) is 5.56 Å². The average Bonchev–Trinajstić information content (AvgIpc) is 3.10. The molecule has 0 saturated heterocycles. The molecule has 0 saturated carbocycles. The summed E-state index contributed by atoms with van der Waals surface area (Å²) in [4.78, 5) is 4.11. The molecule has 0 aliphatic rings. The van der Waals surface area contributed by atoms with Crippen molar-refractivity contribution in [3.63, 3.8) is 0 Å². The van der Waals surface area contributed by atoms with Gasteiger partial charge in [-0.05, 0) is 23.8 Å². The molecule has 2 N–H and O–H groups in total. The van der Waals surface area contributed by atoms with Crippen LogP contribution in [0, 0.1) is 0 Å². The van der Waals surface area contributed by atoms with Crippen molar-refractivity contribution < 1.29 is 17.9 Å². The van der Waals surface area contributed by atoms with Gasteiger partial charge in [-0.15, -0.1) is 24.0 Å². The number of rotatable bonds is 7. The minimum Gasteiger partial charge on any atom is -0.484 e. The van der Waals surface area contributed by atoms with Crippen molar-refractivity contribution in [2.75, 3.05) is 20.2 Å². The molecule has 1 heterocycles. The summed E-state index contributed by atoms with van der Waals surface area (Å²) in [6.07, 6.45) is -0.746. The summed E-state index contributed by atoms with van der Waals surface area (Å²) in [5, 5.41) is 10.4. The molecule has 10 heteroatoms. The van der Waals surface area contributed by atoms with Crippen molar-refractivity contribution in [1.29, 1.82) is 0 Å². The fourth-order valence-corrected chi connectivity index (χ4v) is 2.00. The van der Waals surface area contributed by atoms with E-state index in [1.54, 1.807) is 30.1 Å². The van der Waals surface area contributed by atoms with Gasteiger partial charge in [-0.25, -0.2) is 0 Å². The molecule has 1 aromatic carbocycles. The third-order valence-electron chi connectivity index (χ3n) is 3.20. The molecule has 0 atom stereocenters. The van der Waals surface area contributed by atoms with Gasteiger partial charge in [0.2, 0.25) is 0 Å². The van der Waals surface area contributed by atoms with Crippen molar-refractivity contribution in [3.8, 4) is 5.75 Å². The van der Waals surface area contributed by atoms with Crippen molar-refractivity contribution in [2.24, 2.45) is 4.99 Å². The first-order valence-corrected chi connectivity index (χ1v) is 7.67. The molecule has 2 aromatic rings. The topological polar surface area (TPSA) is 63.5 Å². The lowest BCUT2D eigenvalue weighted by atomic mass is 10.2. The fourth-order valence-electron chi connectivity index (χ4n) is 2.00. The smallest absolute Gasteiger partial charge is 0.422 e. The van der Waals surface area contributed by atoms with Crippen LogP contribution in [0.5, 0.6) is 5.75 Å². The molecule has 0 fully saturated rings. The van der Waals surface area contributed by atoms with Gasteiger partial charge in [0.1, 0.15) is 5.75 Å². The highest BCUT2D eigenvalue weighted by atomic mass is 127. The van der Waals surface area contributed by atoms with Crippen LogP contribution in [0.25, 0.3) is 0 Å². The highest BCUT2D eigenvalue weighted by molar-refractivity contribution is 14.0. The Kier molecular flexibility index (Phi) is 9.24. The van der Waals surface area contributed by atoms with Gasteiger partial charge in [-0.1, -0.05) is 12.1 Å². The van der Waals surface area contributed by atoms with Crippen LogP contribution in [-0.4, -0.2) is 42.1 Å². The maximum atomic E-state index is 12.1. The molecule has 0 unspecified atom stereocenters. The van der Waals surface area contributed by atoms with Crippen LogP contribution in [0.15, 0.2) is 47.7 Å². The molecule has 2 rings (SSSR count). The van der Waals surface area contributed by atoms with E-state index in [4.69, 9.17) is 0 Å². The highest BCUT2D eigenvalue weighted by Crippen LogP contribution is 2.18. The lowest BCUT2D eigenvalue weighted by Crippen LogP contribution is -2.38. The lowest BCUT2D eigenvalue weighted by Gasteiger charge is -2.13. The fraction of sp³-hybridized carbons (Fsp3) is 0.375. The normalized spacial score (nSPS) is 11.6. The number of aliphatic imine (C=N–C) groups is 1. The van der Waals surface area contributed by atoms with Crippen molar-refractivity contribution in [3.05, 3.63) is 48.3 Å². The number of nitrogens with one attached hydrogen (secondary N) is 2. The number of guanidine groups is 1. The van der Waals surface area contributed by atoms with E-state index in [1.165, 1.54) is 12.1 Å². The van der Waals surface area contributed by atoms with Gasteiger partial charge in [0, 0.05) is 32.5 Å². The van der Waals surface area contributed by atoms with E-state index in [1.807, 2.05) is 12.3 Å². The first-order valence-electron chi connectivity index (χ1n) is 7.67. The van der Waals surface area contributed by atoms with Crippen LogP contribution in [-0.2, 0) is 13.1 Å². The zero-order chi connectivity index (χ0) is 18.1. The van der Waals surface area contributed by atoms with Crippen LogP contribution in [0.3, 0.4) is 0 Å². The number of alkyl halides is 3. The molecule has 0 aliphatic heterocycles. The molecule has 6 nitrogen and oxygen atoms in total. The van der Waals surface area contributed by atoms with Gasteiger partial charge >= 0.3 is 6.18 Å². The molecule has 0 bridgehead atoms. The molecular weight excluding hydrogens is 462 g/mol. The summed E-state index contributed by atoms with van der Waals surface area (Å²) < 4.78 is 42.8. The van der Waals surface area contributed by atoms with Crippen molar-refractivity contribution >= 4 is 29.9 Å². The van der Waals surface area contributed by atoms with Crippen LogP contribution < -0.4 is 15.4 Å². The standard InChI is InChI=1S/C16H20F3N5O.HI/c1-20-15(21-8-10-24-9-2-7-23-24)22-11-13-3-5-14(6-4-13)25-12-16(17,18)19;/h2-7,9H,8,10-12H2,1H3,(H2,20,21,22);1H. The quantitative estimate of drug-likeness (QED) is 0.362. The summed E-state index contributed by atoms with van der Waals surface area (Å²) in [6.45, 7) is 0.558. The van der Waals surface area contributed by atoms with E-state index in [-0.39, 0.29) is 29.7 Å². The Hall–Kier alpha value is -1.98. The first kappa shape index (κ1) is 22.1. The number of hydrogen-bond donors (Lipinski definition) is 2. The van der Waals surface area contributed by atoms with Gasteiger partial charge in [0.15, 0.2) is 12.6 Å². The van der Waals surface area contributed by atoms with E-state index < -0.39 is 12.8 Å². The molecule has 144 valence electrons. The predicted octanol–water partition coefficient (Wildman–Crippen LogP) is 2.81. The van der Waals surface area contributed by atoms with Crippen LogP contribution in [0.1, 0.15) is 5.56 Å². The SMILES string of the molecule is CN=C(NCCn1cccn1)NCc1ccc(OCC(F)(F)F)cc1.I. The number of aromatic nitrogens is 2. The van der Waals surface area contributed by atoms with Gasteiger partial charge in [-0.3, -0.25) is 9.67 Å². The Morgan fingerprint density at radius 3 is 2.54 bits per heavy atom. The van der Waals surface area contributed by atoms with Crippen LogP contribution >= 0.6 is 24.0 Å². The minimum absolute atomic E-state index is 0. The molecule has 0 radical (unpaired) electrons. The van der Waals surface area contributed by atoms with E-state index >= 15 is 0 Å². The zero-order valence-corrected chi connectivity index (χ0v) is 16.5. The number of nitrogens with zero attached hydrogens (tertiary/aromatic N) is 3. The summed E-state index contributed by atoms with van der Waals surface area (Å²) >= 11 is 0. The molecule has 0 amide bonds. The van der Waals surface area contributed by atoms with E-state index in [2.05, 4.69) is 25.5 Å². The zero-order valence-electron chi connectivity index (χ0n) is 14.2. The maximum Gasteiger partial charge on any atom is 0.422 e. The average molecular weight is 483 g/mol. The Balaban J connectivity index is 0.00000338. The molecule has 26 heavy (non-hydrogen) atoms. The van der Waals surface area contributed by atoms with Crippen molar-refractivity contribution in [2.45, 2.75) is 19.3 Å². The predicted molar refractivity (Wildman–Crippen MR) is 104 cm³/mol. The second-order valence-corrected chi connectivity index (χ2v) is 5.17. The highest BCUT2D eigenvalue weighted by Gasteiger charge is 2.28. The second-order valence-electron chi connectivity index (χ2n) is 5.17. The number of halogens is 4. The minimum atomic E-state index is -4.34. The first-order chi connectivity index (χ1) is 12.0. The Morgan fingerprint density at radius 1 is 1.23 bits per heavy atom. The van der Waals surface area contributed by atoms with E-state index in [9.17, 15) is 13.2 Å². The number of hydrogen-bond acceptors (Lipinski definition) is 3. The van der Waals surface area contributed by atoms with Gasteiger partial charge in [0.25, 0.3) is 0 Å². The molecule has 1 aromatic heterocycles. The third-order valence-corrected chi connectivity index (χ3v) is 3.20. The Morgan fingerprint density at radius 2 is 1.96 bits per heavy atom. The maximum absolute atomic E-state index is 12.1. The van der Waals surface area contributed by atoms with Gasteiger partial charge in [-0.2, -0.15) is 18.3 Å². The molecule has 0 aliphatic carbocycles. The molecule has 0 spiro atoms. The summed E-state index contributed by atoms with van der Waals surface area (Å²) in [5.74, 6) is 0.812. The monoisotopic (exact) mass is 483 g/mol. The third kappa shape index (κ3) is 8.41. The summed E-state index contributed by atoms with van der Waals surface area (Å²) in [5.41, 5.74) is 0.898.